The molecule has 0 fully saturated rings. The Morgan fingerprint density at radius 1 is 1.40 bits per heavy atom. The summed E-state index contributed by atoms with van der Waals surface area (Å²) in [5, 5.41) is 16.7. The topological polar surface area (TPSA) is 93.5 Å². The molecule has 0 radical (unpaired) electrons. The number of benzene rings is 1. The van der Waals surface area contributed by atoms with Crippen LogP contribution in [0.5, 0.6) is 5.75 Å². The first kappa shape index (κ1) is 15.9. The number of hydrogen-bond donors (Lipinski definition) is 2. The second-order valence-corrected chi connectivity index (χ2v) is 4.48. The van der Waals surface area contributed by atoms with Crippen molar-refractivity contribution in [1.82, 2.24) is 10.6 Å². The van der Waals surface area contributed by atoms with Crippen molar-refractivity contribution in [2.45, 2.75) is 19.9 Å². The molecular weight excluding hydrogens is 262 g/mol. The van der Waals surface area contributed by atoms with Gasteiger partial charge in [0.05, 0.1) is 17.6 Å². The second-order valence-electron chi connectivity index (χ2n) is 4.48. The molecule has 1 aromatic rings. The SMILES string of the molecule is COc1c(C(=O)NCCNC(C)C)cccc1[N+](=O)[O-]. The number of nitrogens with one attached hydrogen (secondary N) is 2. The molecule has 7 heteroatoms. The van der Waals surface area contributed by atoms with Gasteiger partial charge in [0.2, 0.25) is 5.75 Å². The Bertz CT molecular complexity index is 489. The molecule has 110 valence electrons. The molecule has 0 spiro atoms. The van der Waals surface area contributed by atoms with Crippen molar-refractivity contribution >= 4 is 11.6 Å². The van der Waals surface area contributed by atoms with Gasteiger partial charge in [0, 0.05) is 25.2 Å². The van der Waals surface area contributed by atoms with Crippen molar-refractivity contribution in [2.24, 2.45) is 0 Å². The van der Waals surface area contributed by atoms with Crippen LogP contribution in [0.4, 0.5) is 5.69 Å². The fraction of sp³-hybridized carbons (Fsp3) is 0.462. The van der Waals surface area contributed by atoms with Gasteiger partial charge < -0.3 is 15.4 Å². The van der Waals surface area contributed by atoms with Gasteiger partial charge in [-0.3, -0.25) is 14.9 Å². The van der Waals surface area contributed by atoms with E-state index in [1.807, 2.05) is 13.8 Å². The fourth-order valence-corrected chi connectivity index (χ4v) is 1.69. The summed E-state index contributed by atoms with van der Waals surface area (Å²) < 4.78 is 4.99. The minimum Gasteiger partial charge on any atom is -0.490 e. The first-order chi connectivity index (χ1) is 9.47. The van der Waals surface area contributed by atoms with E-state index in [1.54, 1.807) is 0 Å². The highest BCUT2D eigenvalue weighted by Gasteiger charge is 2.22. The Morgan fingerprint density at radius 2 is 2.10 bits per heavy atom. The molecule has 0 aliphatic heterocycles. The molecule has 1 aromatic carbocycles. The van der Waals surface area contributed by atoms with E-state index in [9.17, 15) is 14.9 Å². The summed E-state index contributed by atoms with van der Waals surface area (Å²) in [5.41, 5.74) is -0.0632. The van der Waals surface area contributed by atoms with Crippen LogP contribution in [0, 0.1) is 10.1 Å². The number of rotatable bonds is 7. The summed E-state index contributed by atoms with van der Waals surface area (Å²) in [7, 11) is 1.30. The highest BCUT2D eigenvalue weighted by atomic mass is 16.6. The van der Waals surface area contributed by atoms with Crippen LogP contribution in [-0.2, 0) is 0 Å². The van der Waals surface area contributed by atoms with Gasteiger partial charge in [0.15, 0.2) is 0 Å². The van der Waals surface area contributed by atoms with E-state index >= 15 is 0 Å². The molecule has 1 amide bonds. The molecule has 7 nitrogen and oxygen atoms in total. The molecule has 1 rings (SSSR count). The zero-order chi connectivity index (χ0) is 15.1. The van der Waals surface area contributed by atoms with E-state index < -0.39 is 10.8 Å². The first-order valence-electron chi connectivity index (χ1n) is 6.30. The largest absolute Gasteiger partial charge is 0.490 e. The van der Waals surface area contributed by atoms with Crippen LogP contribution >= 0.6 is 0 Å². The number of carbonyl (C=O) groups excluding carboxylic acids is 1. The zero-order valence-corrected chi connectivity index (χ0v) is 11.8. The average molecular weight is 281 g/mol. The van der Waals surface area contributed by atoms with Gasteiger partial charge in [-0.2, -0.15) is 0 Å². The Hall–Kier alpha value is -2.15. The molecule has 0 bridgehead atoms. The number of hydrogen-bond acceptors (Lipinski definition) is 5. The maximum atomic E-state index is 12.0. The summed E-state index contributed by atoms with van der Waals surface area (Å²) in [5.74, 6) is -0.414. The highest BCUT2D eigenvalue weighted by Crippen LogP contribution is 2.30. The fourth-order valence-electron chi connectivity index (χ4n) is 1.69. The van der Waals surface area contributed by atoms with Crippen LogP contribution in [0.1, 0.15) is 24.2 Å². The van der Waals surface area contributed by atoms with Crippen LogP contribution in [0.15, 0.2) is 18.2 Å². The molecule has 0 aliphatic carbocycles. The number of amides is 1. The number of ether oxygens (including phenoxy) is 1. The molecule has 0 saturated heterocycles. The third-order valence-corrected chi connectivity index (χ3v) is 2.60. The Balaban J connectivity index is 2.77. The molecule has 0 aromatic heterocycles. The van der Waals surface area contributed by atoms with Crippen molar-refractivity contribution in [3.63, 3.8) is 0 Å². The molecule has 0 heterocycles. The molecule has 0 saturated carbocycles. The number of carbonyl (C=O) groups is 1. The van der Waals surface area contributed by atoms with E-state index in [-0.39, 0.29) is 17.0 Å². The predicted molar refractivity (Wildman–Crippen MR) is 75.1 cm³/mol. The Kier molecular flexibility index (Phi) is 5.92. The number of nitrogens with zero attached hydrogens (tertiary/aromatic N) is 1. The van der Waals surface area contributed by atoms with Crippen LogP contribution < -0.4 is 15.4 Å². The number of nitro benzene ring substituents is 1. The molecule has 0 atom stereocenters. The average Bonchev–Trinajstić information content (AvgIpc) is 2.42. The van der Waals surface area contributed by atoms with Crippen molar-refractivity contribution in [1.29, 1.82) is 0 Å². The van der Waals surface area contributed by atoms with E-state index in [4.69, 9.17) is 4.74 Å². The highest BCUT2D eigenvalue weighted by molar-refractivity contribution is 5.98. The second kappa shape index (κ2) is 7.44. The Labute approximate surface area is 117 Å². The predicted octanol–water partition coefficient (Wildman–Crippen LogP) is 1.33. The van der Waals surface area contributed by atoms with Gasteiger partial charge >= 0.3 is 5.69 Å². The minimum absolute atomic E-state index is 0.0215. The van der Waals surface area contributed by atoms with Crippen molar-refractivity contribution < 1.29 is 14.5 Å². The van der Waals surface area contributed by atoms with E-state index in [1.165, 1.54) is 25.3 Å². The summed E-state index contributed by atoms with van der Waals surface area (Å²) >= 11 is 0. The molecule has 0 unspecified atom stereocenters. The standard InChI is InChI=1S/C13H19N3O4/c1-9(2)14-7-8-15-13(17)10-5-4-6-11(16(18)19)12(10)20-3/h4-6,9,14H,7-8H2,1-3H3,(H,15,17). The molecule has 20 heavy (non-hydrogen) atoms. The maximum Gasteiger partial charge on any atom is 0.311 e. The zero-order valence-electron chi connectivity index (χ0n) is 11.8. The van der Waals surface area contributed by atoms with Gasteiger partial charge in [-0.15, -0.1) is 0 Å². The lowest BCUT2D eigenvalue weighted by molar-refractivity contribution is -0.385. The van der Waals surface area contributed by atoms with Gasteiger partial charge in [-0.1, -0.05) is 19.9 Å². The third kappa shape index (κ3) is 4.20. The lowest BCUT2D eigenvalue weighted by Gasteiger charge is -2.11. The van der Waals surface area contributed by atoms with Gasteiger partial charge in [-0.25, -0.2) is 0 Å². The van der Waals surface area contributed by atoms with Gasteiger partial charge in [-0.05, 0) is 6.07 Å². The number of methoxy groups -OCH3 is 1. The van der Waals surface area contributed by atoms with Crippen LogP contribution in [0.3, 0.4) is 0 Å². The van der Waals surface area contributed by atoms with Crippen LogP contribution in [0.25, 0.3) is 0 Å². The van der Waals surface area contributed by atoms with Crippen LogP contribution in [0.2, 0.25) is 0 Å². The number of nitro groups is 1. The van der Waals surface area contributed by atoms with Crippen molar-refractivity contribution in [2.75, 3.05) is 20.2 Å². The smallest absolute Gasteiger partial charge is 0.311 e. The summed E-state index contributed by atoms with van der Waals surface area (Å²) in [6.45, 7) is 5.07. The normalized spacial score (nSPS) is 10.4. The lowest BCUT2D eigenvalue weighted by Crippen LogP contribution is -2.34. The molecular formula is C13H19N3O4. The van der Waals surface area contributed by atoms with Gasteiger partial charge in [0.25, 0.3) is 5.91 Å². The number of para-hydroxylation sites is 1. The summed E-state index contributed by atoms with van der Waals surface area (Å²) in [6.07, 6.45) is 0. The van der Waals surface area contributed by atoms with E-state index in [2.05, 4.69) is 10.6 Å². The van der Waals surface area contributed by atoms with Crippen molar-refractivity contribution in [3.05, 3.63) is 33.9 Å². The molecule has 2 N–H and O–H groups in total. The van der Waals surface area contributed by atoms with Crippen molar-refractivity contribution in [3.8, 4) is 5.75 Å². The quantitative estimate of drug-likeness (QED) is 0.447. The first-order valence-corrected chi connectivity index (χ1v) is 6.30. The van der Waals surface area contributed by atoms with Gasteiger partial charge in [0.1, 0.15) is 0 Å². The maximum absolute atomic E-state index is 12.0. The molecule has 0 aliphatic rings. The van der Waals surface area contributed by atoms with E-state index in [0.29, 0.717) is 19.1 Å². The van der Waals surface area contributed by atoms with E-state index in [0.717, 1.165) is 0 Å². The Morgan fingerprint density at radius 3 is 2.65 bits per heavy atom. The summed E-state index contributed by atoms with van der Waals surface area (Å²) in [4.78, 5) is 22.3. The minimum atomic E-state index is -0.573. The summed E-state index contributed by atoms with van der Waals surface area (Å²) in [6, 6.07) is 4.59. The third-order valence-electron chi connectivity index (χ3n) is 2.60. The van der Waals surface area contributed by atoms with Crippen LogP contribution in [-0.4, -0.2) is 37.1 Å². The lowest BCUT2D eigenvalue weighted by atomic mass is 10.1. The monoisotopic (exact) mass is 281 g/mol.